The maximum Gasteiger partial charge on any atom is 0.333 e. The van der Waals surface area contributed by atoms with Gasteiger partial charge in [0, 0.05) is 28.9 Å². The van der Waals surface area contributed by atoms with E-state index in [1.165, 1.54) is 12.4 Å². The molecule has 0 radical (unpaired) electrons. The van der Waals surface area contributed by atoms with Crippen LogP contribution in [0.4, 0.5) is 8.78 Å². The van der Waals surface area contributed by atoms with Crippen LogP contribution in [0.1, 0.15) is 40.9 Å². The number of hydrogen-bond acceptors (Lipinski definition) is 5. The molecule has 1 saturated carbocycles. The quantitative estimate of drug-likeness (QED) is 0.306. The molecule has 9 nitrogen and oxygen atoms in total. The lowest BCUT2D eigenvalue weighted by Crippen LogP contribution is -2.40. The Labute approximate surface area is 215 Å². The van der Waals surface area contributed by atoms with Gasteiger partial charge in [0.2, 0.25) is 0 Å². The molecule has 1 aromatic heterocycles. The Kier molecular flexibility index (Phi) is 7.50. The summed E-state index contributed by atoms with van der Waals surface area (Å²) in [6.07, 6.45) is 3.84. The van der Waals surface area contributed by atoms with Gasteiger partial charge in [-0.3, -0.25) is 14.4 Å². The minimum absolute atomic E-state index is 0.0785. The van der Waals surface area contributed by atoms with Crippen LogP contribution in [0.5, 0.6) is 0 Å². The van der Waals surface area contributed by atoms with Crippen molar-refractivity contribution in [1.29, 1.82) is 5.26 Å². The smallest absolute Gasteiger partial charge is 0.333 e. The number of nitrogens with zero attached hydrogens (tertiary/aromatic N) is 3. The van der Waals surface area contributed by atoms with Crippen LogP contribution in [0.3, 0.4) is 0 Å². The molecular weight excluding hydrogens is 506 g/mol. The molecule has 0 bridgehead atoms. The Morgan fingerprint density at radius 1 is 1.11 bits per heavy atom. The Morgan fingerprint density at radius 3 is 2.51 bits per heavy atom. The van der Waals surface area contributed by atoms with Gasteiger partial charge in [0.25, 0.3) is 5.91 Å². The number of amides is 3. The Morgan fingerprint density at radius 2 is 1.84 bits per heavy atom. The molecule has 1 heterocycles. The van der Waals surface area contributed by atoms with Crippen molar-refractivity contribution in [3.8, 4) is 17.2 Å². The minimum Gasteiger partial charge on any atom is -0.344 e. The third kappa shape index (κ3) is 5.92. The molecule has 37 heavy (non-hydrogen) atoms. The SMILES string of the molecule is N#CCNC(=O)C(=O)NCc1ccccc1C(=O)NC1(c2cc(Cl)cc(-c3cnn(C(F)F)c3)c2)CC1. The number of rotatable bonds is 8. The van der Waals surface area contributed by atoms with Gasteiger partial charge < -0.3 is 16.0 Å². The van der Waals surface area contributed by atoms with Crippen molar-refractivity contribution in [2.45, 2.75) is 31.5 Å². The number of nitriles is 1. The maximum atomic E-state index is 13.3. The van der Waals surface area contributed by atoms with Gasteiger partial charge in [0.05, 0.1) is 17.8 Å². The van der Waals surface area contributed by atoms with Crippen molar-refractivity contribution in [2.75, 3.05) is 6.54 Å². The largest absolute Gasteiger partial charge is 0.344 e. The first-order valence-corrected chi connectivity index (χ1v) is 11.6. The molecule has 4 rings (SSSR count). The molecule has 1 fully saturated rings. The molecule has 0 atom stereocenters. The van der Waals surface area contributed by atoms with Gasteiger partial charge in [0.1, 0.15) is 6.54 Å². The Balaban J connectivity index is 1.51. The zero-order valence-electron chi connectivity index (χ0n) is 19.3. The van der Waals surface area contributed by atoms with Gasteiger partial charge in [-0.25, -0.2) is 4.68 Å². The van der Waals surface area contributed by atoms with Gasteiger partial charge in [-0.05, 0) is 53.8 Å². The number of hydrogen-bond donors (Lipinski definition) is 3. The van der Waals surface area contributed by atoms with Gasteiger partial charge in [-0.15, -0.1) is 0 Å². The van der Waals surface area contributed by atoms with Gasteiger partial charge in [-0.1, -0.05) is 29.8 Å². The third-order valence-electron chi connectivity index (χ3n) is 5.92. The average Bonchev–Trinajstić information content (AvgIpc) is 3.48. The molecule has 190 valence electrons. The topological polar surface area (TPSA) is 129 Å². The molecule has 3 N–H and O–H groups in total. The van der Waals surface area contributed by atoms with Gasteiger partial charge >= 0.3 is 18.4 Å². The van der Waals surface area contributed by atoms with Crippen LogP contribution in [0, 0.1) is 11.3 Å². The van der Waals surface area contributed by atoms with E-state index in [1.54, 1.807) is 48.5 Å². The number of alkyl halides is 2. The fourth-order valence-electron chi connectivity index (χ4n) is 3.87. The number of carbonyl (C=O) groups excluding carboxylic acids is 3. The lowest BCUT2D eigenvalue weighted by atomic mass is 9.98. The lowest BCUT2D eigenvalue weighted by Gasteiger charge is -2.20. The summed E-state index contributed by atoms with van der Waals surface area (Å²) in [7, 11) is 0. The molecule has 1 aliphatic rings. The van der Waals surface area contributed by atoms with Gasteiger partial charge in [0.15, 0.2) is 0 Å². The molecule has 0 spiro atoms. The minimum atomic E-state index is -2.77. The van der Waals surface area contributed by atoms with E-state index < -0.39 is 23.9 Å². The molecule has 1 aliphatic carbocycles. The number of carbonyl (C=O) groups is 3. The van der Waals surface area contributed by atoms with E-state index in [-0.39, 0.29) is 19.0 Å². The van der Waals surface area contributed by atoms with E-state index >= 15 is 0 Å². The number of aromatic nitrogens is 2. The zero-order chi connectivity index (χ0) is 26.6. The average molecular weight is 527 g/mol. The van der Waals surface area contributed by atoms with Crippen molar-refractivity contribution in [1.82, 2.24) is 25.7 Å². The molecule has 3 amide bonds. The molecule has 3 aromatic rings. The molecular formula is C25H21ClF2N6O3. The molecule has 0 saturated heterocycles. The van der Waals surface area contributed by atoms with Crippen molar-refractivity contribution >= 4 is 29.3 Å². The number of halogens is 3. The predicted molar refractivity (Wildman–Crippen MR) is 129 cm³/mol. The second kappa shape index (κ2) is 10.8. The van der Waals surface area contributed by atoms with Crippen LogP contribution >= 0.6 is 11.6 Å². The first kappa shape index (κ1) is 25.8. The highest BCUT2D eigenvalue weighted by molar-refractivity contribution is 6.35. The first-order chi connectivity index (χ1) is 17.7. The highest BCUT2D eigenvalue weighted by atomic mass is 35.5. The summed E-state index contributed by atoms with van der Waals surface area (Å²) >= 11 is 6.33. The maximum absolute atomic E-state index is 13.3. The lowest BCUT2D eigenvalue weighted by molar-refractivity contribution is -0.139. The van der Waals surface area contributed by atoms with Crippen molar-refractivity contribution < 1.29 is 23.2 Å². The summed E-state index contributed by atoms with van der Waals surface area (Å²) in [5.41, 5.74) is 1.89. The van der Waals surface area contributed by atoms with Crippen LogP contribution in [-0.2, 0) is 21.7 Å². The van der Waals surface area contributed by atoms with E-state index in [2.05, 4.69) is 21.0 Å². The molecule has 12 heteroatoms. The molecule has 2 aromatic carbocycles. The zero-order valence-corrected chi connectivity index (χ0v) is 20.1. The third-order valence-corrected chi connectivity index (χ3v) is 6.14. The van der Waals surface area contributed by atoms with Crippen LogP contribution in [0.25, 0.3) is 11.1 Å². The standard InChI is InChI=1S/C25H21ClF2N6O3/c26-19-10-16(17-13-32-34(14-17)24(27)28)9-18(11-19)25(5-6-25)33-21(35)20-4-2-1-3-15(20)12-31-23(37)22(36)30-8-7-29/h1-4,9-11,13-14,24H,5-6,8,12H2,(H,30,36)(H,31,37)(H,33,35). The second-order valence-electron chi connectivity index (χ2n) is 8.43. The van der Waals surface area contributed by atoms with E-state index in [0.29, 0.717) is 44.8 Å². The predicted octanol–water partition coefficient (Wildman–Crippen LogP) is 3.27. The van der Waals surface area contributed by atoms with Crippen LogP contribution in [0.15, 0.2) is 54.9 Å². The highest BCUT2D eigenvalue weighted by Crippen LogP contribution is 2.47. The number of nitrogens with one attached hydrogen (secondary N) is 3. The van der Waals surface area contributed by atoms with E-state index in [4.69, 9.17) is 16.9 Å². The second-order valence-corrected chi connectivity index (χ2v) is 8.87. The summed E-state index contributed by atoms with van der Waals surface area (Å²) in [4.78, 5) is 36.9. The van der Waals surface area contributed by atoms with Gasteiger partial charge in [-0.2, -0.15) is 19.1 Å². The molecule has 0 aliphatic heterocycles. The first-order valence-electron chi connectivity index (χ1n) is 11.2. The summed E-state index contributed by atoms with van der Waals surface area (Å²) < 4.78 is 26.5. The van der Waals surface area contributed by atoms with Crippen molar-refractivity contribution in [3.63, 3.8) is 0 Å². The summed E-state index contributed by atoms with van der Waals surface area (Å²) in [6, 6.07) is 13.5. The monoisotopic (exact) mass is 526 g/mol. The van der Waals surface area contributed by atoms with Crippen molar-refractivity contribution in [2.24, 2.45) is 0 Å². The van der Waals surface area contributed by atoms with Crippen LogP contribution in [0.2, 0.25) is 5.02 Å². The van der Waals surface area contributed by atoms with E-state index in [9.17, 15) is 23.2 Å². The summed E-state index contributed by atoms with van der Waals surface area (Å²) in [5.74, 6) is -2.26. The molecule has 0 unspecified atom stereocenters. The summed E-state index contributed by atoms with van der Waals surface area (Å²) in [5, 5.41) is 20.2. The summed E-state index contributed by atoms with van der Waals surface area (Å²) in [6.45, 7) is -3.14. The highest BCUT2D eigenvalue weighted by Gasteiger charge is 2.46. The van der Waals surface area contributed by atoms with E-state index in [1.807, 2.05) is 0 Å². The van der Waals surface area contributed by atoms with Crippen molar-refractivity contribution in [3.05, 3.63) is 76.6 Å². The number of benzene rings is 2. The Hall–Kier alpha value is -4.30. The van der Waals surface area contributed by atoms with Crippen LogP contribution < -0.4 is 16.0 Å². The van der Waals surface area contributed by atoms with Crippen LogP contribution in [-0.4, -0.2) is 34.0 Å². The van der Waals surface area contributed by atoms with E-state index in [0.717, 1.165) is 5.56 Å². The normalized spacial score (nSPS) is 13.5. The fraction of sp³-hybridized carbons (Fsp3) is 0.240. The fourth-order valence-corrected chi connectivity index (χ4v) is 4.11. The Bertz CT molecular complexity index is 1400.